The molecule has 3 heterocycles. The summed E-state index contributed by atoms with van der Waals surface area (Å²) in [5, 5.41) is 3.25. The number of carbonyl (C=O) groups excluding carboxylic acids is 1. The Morgan fingerprint density at radius 1 is 1.29 bits per heavy atom. The molecule has 142 valence electrons. The number of carbonyl (C=O) groups is 1. The van der Waals surface area contributed by atoms with Crippen LogP contribution < -0.4 is 4.90 Å². The first-order valence-corrected chi connectivity index (χ1v) is 10.8. The lowest BCUT2D eigenvalue weighted by Crippen LogP contribution is -2.30. The third-order valence-electron chi connectivity index (χ3n) is 4.15. The number of thiophene rings is 1. The Hall–Kier alpha value is -2.48. The number of halogens is 1. The van der Waals surface area contributed by atoms with Gasteiger partial charge in [0.05, 0.1) is 16.0 Å². The second-order valence-corrected chi connectivity index (χ2v) is 8.47. The summed E-state index contributed by atoms with van der Waals surface area (Å²) in [6, 6.07) is 9.63. The Kier molecular flexibility index (Phi) is 5.85. The highest BCUT2D eigenvalue weighted by Crippen LogP contribution is 2.33. The van der Waals surface area contributed by atoms with Crippen LogP contribution in [0.2, 0.25) is 5.02 Å². The molecule has 1 aromatic carbocycles. The van der Waals surface area contributed by atoms with E-state index in [1.807, 2.05) is 52.6 Å². The van der Waals surface area contributed by atoms with Gasteiger partial charge in [0, 0.05) is 36.4 Å². The van der Waals surface area contributed by atoms with Crippen molar-refractivity contribution >= 4 is 61.6 Å². The van der Waals surface area contributed by atoms with Crippen molar-refractivity contribution in [3.63, 3.8) is 0 Å². The van der Waals surface area contributed by atoms with Crippen LogP contribution in [0, 0.1) is 0 Å². The minimum Gasteiger partial charge on any atom is -0.337 e. The van der Waals surface area contributed by atoms with Crippen LogP contribution in [0.4, 0.5) is 5.13 Å². The molecule has 0 radical (unpaired) electrons. The number of benzene rings is 1. The first-order chi connectivity index (χ1) is 13.7. The molecule has 0 fully saturated rings. The van der Waals surface area contributed by atoms with Crippen LogP contribution in [-0.2, 0) is 11.3 Å². The van der Waals surface area contributed by atoms with E-state index in [0.717, 1.165) is 28.1 Å². The molecule has 0 N–H and O–H groups in total. The predicted molar refractivity (Wildman–Crippen MR) is 117 cm³/mol. The highest BCUT2D eigenvalue weighted by molar-refractivity contribution is 7.22. The Labute approximate surface area is 175 Å². The number of hydrogen-bond acceptors (Lipinski definition) is 5. The molecule has 0 atom stereocenters. The van der Waals surface area contributed by atoms with E-state index in [2.05, 4.69) is 9.97 Å². The van der Waals surface area contributed by atoms with Crippen LogP contribution in [0.15, 0.2) is 60.5 Å². The number of aromatic nitrogens is 3. The number of para-hydroxylation sites is 1. The summed E-state index contributed by atoms with van der Waals surface area (Å²) >= 11 is 9.35. The molecule has 0 aliphatic carbocycles. The average Bonchev–Trinajstić information content (AvgIpc) is 3.45. The minimum atomic E-state index is -0.0887. The van der Waals surface area contributed by atoms with Gasteiger partial charge in [-0.05, 0) is 36.1 Å². The zero-order valence-corrected chi connectivity index (χ0v) is 17.3. The van der Waals surface area contributed by atoms with Crippen molar-refractivity contribution in [1.29, 1.82) is 0 Å². The van der Waals surface area contributed by atoms with Gasteiger partial charge in [-0.25, -0.2) is 9.97 Å². The van der Waals surface area contributed by atoms with E-state index in [4.69, 9.17) is 11.6 Å². The molecule has 0 bridgehead atoms. The molecule has 8 heteroatoms. The zero-order valence-electron chi connectivity index (χ0n) is 14.9. The Balaban J connectivity index is 1.57. The standard InChI is InChI=1S/C20H17ClN4OS2/c21-16-5-1-6-17-19(16)23-20(28-17)25(11-3-10-24-12-9-22-14-24)18(26)8-7-15-4-2-13-27-15/h1-2,4-9,12-14H,3,10-11H2. The van der Waals surface area contributed by atoms with Crippen molar-refractivity contribution in [2.24, 2.45) is 0 Å². The van der Waals surface area contributed by atoms with E-state index in [9.17, 15) is 4.79 Å². The maximum atomic E-state index is 13.0. The van der Waals surface area contributed by atoms with Crippen LogP contribution in [0.25, 0.3) is 16.3 Å². The van der Waals surface area contributed by atoms with E-state index in [0.29, 0.717) is 16.7 Å². The van der Waals surface area contributed by atoms with Gasteiger partial charge in [-0.2, -0.15) is 0 Å². The second kappa shape index (κ2) is 8.68. The quantitative estimate of drug-likeness (QED) is 0.373. The van der Waals surface area contributed by atoms with Gasteiger partial charge in [-0.15, -0.1) is 11.3 Å². The van der Waals surface area contributed by atoms with Gasteiger partial charge in [-0.3, -0.25) is 9.69 Å². The SMILES string of the molecule is O=C(C=Cc1cccs1)N(CCCn1ccnc1)c1nc2c(Cl)cccc2s1. The highest BCUT2D eigenvalue weighted by Gasteiger charge is 2.18. The number of nitrogens with zero attached hydrogens (tertiary/aromatic N) is 4. The van der Waals surface area contributed by atoms with Crippen LogP contribution in [-0.4, -0.2) is 27.0 Å². The summed E-state index contributed by atoms with van der Waals surface area (Å²) in [5.74, 6) is -0.0887. The smallest absolute Gasteiger partial charge is 0.252 e. The van der Waals surface area contributed by atoms with Crippen molar-refractivity contribution < 1.29 is 4.79 Å². The number of amides is 1. The maximum absolute atomic E-state index is 13.0. The highest BCUT2D eigenvalue weighted by atomic mass is 35.5. The van der Waals surface area contributed by atoms with Crippen LogP contribution >= 0.6 is 34.3 Å². The second-order valence-electron chi connectivity index (χ2n) is 6.08. The van der Waals surface area contributed by atoms with Gasteiger partial charge in [0.25, 0.3) is 5.91 Å². The monoisotopic (exact) mass is 428 g/mol. The third kappa shape index (κ3) is 4.32. The number of rotatable bonds is 7. The number of fused-ring (bicyclic) bond motifs is 1. The molecule has 0 unspecified atom stereocenters. The number of imidazole rings is 1. The average molecular weight is 429 g/mol. The molecule has 28 heavy (non-hydrogen) atoms. The molecule has 0 saturated heterocycles. The molecular formula is C20H17ClN4OS2. The molecule has 3 aromatic heterocycles. The van der Waals surface area contributed by atoms with Crippen LogP contribution in [0.5, 0.6) is 0 Å². The third-order valence-corrected chi connectivity index (χ3v) is 6.33. The summed E-state index contributed by atoms with van der Waals surface area (Å²) in [5.41, 5.74) is 0.735. The summed E-state index contributed by atoms with van der Waals surface area (Å²) in [6.07, 6.45) is 9.69. The van der Waals surface area contributed by atoms with E-state index < -0.39 is 0 Å². The minimum absolute atomic E-state index is 0.0887. The van der Waals surface area contributed by atoms with E-state index >= 15 is 0 Å². The van der Waals surface area contributed by atoms with Crippen LogP contribution in [0.3, 0.4) is 0 Å². The molecule has 1 amide bonds. The lowest BCUT2D eigenvalue weighted by molar-refractivity contribution is -0.114. The molecule has 0 saturated carbocycles. The molecule has 4 aromatic rings. The van der Waals surface area contributed by atoms with Crippen molar-refractivity contribution in [2.75, 3.05) is 11.4 Å². The lowest BCUT2D eigenvalue weighted by atomic mass is 10.3. The summed E-state index contributed by atoms with van der Waals surface area (Å²) in [6.45, 7) is 1.34. The van der Waals surface area contributed by atoms with Gasteiger partial charge in [-0.1, -0.05) is 35.1 Å². The summed E-state index contributed by atoms with van der Waals surface area (Å²) in [4.78, 5) is 24.4. The van der Waals surface area contributed by atoms with E-state index in [1.54, 1.807) is 34.8 Å². The normalized spacial score (nSPS) is 11.5. The fourth-order valence-corrected chi connectivity index (χ4v) is 4.69. The maximum Gasteiger partial charge on any atom is 0.252 e. The van der Waals surface area contributed by atoms with Gasteiger partial charge in [0.1, 0.15) is 5.52 Å². The van der Waals surface area contributed by atoms with Crippen LogP contribution in [0.1, 0.15) is 11.3 Å². The molecule has 5 nitrogen and oxygen atoms in total. The van der Waals surface area contributed by atoms with Gasteiger partial charge in [0.2, 0.25) is 0 Å². The first kappa shape index (κ1) is 18.9. The predicted octanol–water partition coefficient (Wildman–Crippen LogP) is 5.34. The largest absolute Gasteiger partial charge is 0.337 e. The molecular weight excluding hydrogens is 412 g/mol. The van der Waals surface area contributed by atoms with Gasteiger partial charge < -0.3 is 4.57 Å². The fraction of sp³-hybridized carbons (Fsp3) is 0.150. The van der Waals surface area contributed by atoms with Crippen molar-refractivity contribution in [3.05, 3.63) is 70.4 Å². The Morgan fingerprint density at radius 3 is 2.96 bits per heavy atom. The van der Waals surface area contributed by atoms with E-state index in [1.165, 1.54) is 11.3 Å². The first-order valence-electron chi connectivity index (χ1n) is 8.74. The summed E-state index contributed by atoms with van der Waals surface area (Å²) < 4.78 is 2.97. The van der Waals surface area contributed by atoms with Crippen molar-refractivity contribution in [3.8, 4) is 0 Å². The number of anilines is 1. The van der Waals surface area contributed by atoms with Crippen molar-refractivity contribution in [2.45, 2.75) is 13.0 Å². The number of thiazole rings is 1. The summed E-state index contributed by atoms with van der Waals surface area (Å²) in [7, 11) is 0. The molecule has 0 aliphatic rings. The molecule has 0 spiro atoms. The van der Waals surface area contributed by atoms with E-state index in [-0.39, 0.29) is 5.91 Å². The van der Waals surface area contributed by atoms with Crippen molar-refractivity contribution in [1.82, 2.24) is 14.5 Å². The lowest BCUT2D eigenvalue weighted by Gasteiger charge is -2.18. The van der Waals surface area contributed by atoms with Gasteiger partial charge >= 0.3 is 0 Å². The Morgan fingerprint density at radius 2 is 2.21 bits per heavy atom. The number of hydrogen-bond donors (Lipinski definition) is 0. The van der Waals surface area contributed by atoms with Gasteiger partial charge in [0.15, 0.2) is 5.13 Å². The topological polar surface area (TPSA) is 51.0 Å². The zero-order chi connectivity index (χ0) is 19.3. The number of aryl methyl sites for hydroxylation is 1. The molecule has 0 aliphatic heterocycles. The molecule has 4 rings (SSSR count). The fourth-order valence-electron chi connectivity index (χ4n) is 2.78. The Bertz CT molecular complexity index is 1090.